The number of allylic oxidation sites excluding steroid dienone is 2. The van der Waals surface area contributed by atoms with E-state index in [2.05, 4.69) is 23.7 Å². The van der Waals surface area contributed by atoms with E-state index in [0.717, 1.165) is 22.7 Å². The fourth-order valence-electron chi connectivity index (χ4n) is 5.87. The Labute approximate surface area is 310 Å². The Kier molecular flexibility index (Phi) is 9.46. The molecule has 0 aliphatic heterocycles. The van der Waals surface area contributed by atoms with Crippen molar-refractivity contribution in [3.05, 3.63) is 153 Å². The van der Waals surface area contributed by atoms with Gasteiger partial charge < -0.3 is 9.47 Å². The van der Waals surface area contributed by atoms with Crippen molar-refractivity contribution in [1.82, 2.24) is 0 Å². The van der Waals surface area contributed by atoms with E-state index in [1.165, 1.54) is 26.4 Å². The van der Waals surface area contributed by atoms with Crippen molar-refractivity contribution in [3.8, 4) is 56.1 Å². The molecule has 4 aromatic carbocycles. The van der Waals surface area contributed by atoms with E-state index in [4.69, 9.17) is 9.47 Å². The summed E-state index contributed by atoms with van der Waals surface area (Å²) in [5.74, 6) is -3.84. The summed E-state index contributed by atoms with van der Waals surface area (Å²) in [4.78, 5) is 0.612. The van der Waals surface area contributed by atoms with Gasteiger partial charge in [-0.2, -0.15) is 26.3 Å². The number of thiophene rings is 2. The van der Waals surface area contributed by atoms with E-state index < -0.39 is 40.0 Å². The first kappa shape index (κ1) is 35.7. The summed E-state index contributed by atoms with van der Waals surface area (Å²) in [5.41, 5.74) is -1.91. The summed E-state index contributed by atoms with van der Waals surface area (Å²) in [6.07, 6.45) is 0. The van der Waals surface area contributed by atoms with Crippen LogP contribution in [-0.4, -0.2) is 32.0 Å². The van der Waals surface area contributed by atoms with Crippen molar-refractivity contribution in [2.24, 2.45) is 0 Å². The van der Waals surface area contributed by atoms with Crippen LogP contribution in [0.5, 0.6) is 11.5 Å². The standard InChI is InChI=1S/C43H26F6O2S2/c1-50-31-19-13-27(14-20-31)17-23-35-33(25-37(52-35)29-9-5-3-6-10-29)39-40(42(46,47)43(48,49)41(39,44)45)34-26-38(30-11-7-4-8-12-30)53-36(34)24-18-28-15-21-32(51-2)22-16-28/h3-16,19-22,25-26H,1-2H3. The predicted octanol–water partition coefficient (Wildman–Crippen LogP) is 11.8. The molecule has 7 rings (SSSR count). The van der Waals surface area contributed by atoms with Crippen LogP contribution < -0.4 is 9.47 Å². The first-order valence-corrected chi connectivity index (χ1v) is 17.7. The lowest BCUT2D eigenvalue weighted by molar-refractivity contribution is -0.254. The molecule has 0 amide bonds. The molecule has 0 fully saturated rings. The van der Waals surface area contributed by atoms with E-state index in [0.29, 0.717) is 43.5 Å². The summed E-state index contributed by atoms with van der Waals surface area (Å²) in [7, 11) is 2.99. The second-order valence-corrected chi connectivity index (χ2v) is 14.0. The van der Waals surface area contributed by atoms with Crippen molar-refractivity contribution in [2.75, 3.05) is 14.2 Å². The van der Waals surface area contributed by atoms with Gasteiger partial charge in [-0.25, -0.2) is 0 Å². The molecule has 0 unspecified atom stereocenters. The van der Waals surface area contributed by atoms with Gasteiger partial charge in [0.1, 0.15) is 11.5 Å². The quantitative estimate of drug-likeness (QED) is 0.125. The molecular formula is C43H26F6O2S2. The third-order valence-electron chi connectivity index (χ3n) is 8.61. The predicted molar refractivity (Wildman–Crippen MR) is 199 cm³/mol. The number of rotatable bonds is 6. The fourth-order valence-corrected chi connectivity index (χ4v) is 7.92. The molecule has 1 aliphatic carbocycles. The molecule has 53 heavy (non-hydrogen) atoms. The molecule has 10 heteroatoms. The smallest absolute Gasteiger partial charge is 0.380 e. The zero-order valence-corrected chi connectivity index (χ0v) is 29.6. The van der Waals surface area contributed by atoms with Crippen LogP contribution in [0, 0.1) is 23.7 Å². The van der Waals surface area contributed by atoms with Crippen LogP contribution in [0.2, 0.25) is 0 Å². The van der Waals surface area contributed by atoms with Gasteiger partial charge in [-0.15, -0.1) is 22.7 Å². The van der Waals surface area contributed by atoms with E-state index in [-0.39, 0.29) is 9.75 Å². The summed E-state index contributed by atoms with van der Waals surface area (Å²) < 4.78 is 107. The molecule has 2 nitrogen and oxygen atoms in total. The van der Waals surface area contributed by atoms with Crippen LogP contribution in [0.1, 0.15) is 32.0 Å². The molecule has 2 aromatic heterocycles. The average Bonchev–Trinajstić information content (AvgIpc) is 3.82. The third-order valence-corrected chi connectivity index (χ3v) is 10.8. The second-order valence-electron chi connectivity index (χ2n) is 11.9. The number of ether oxygens (including phenoxy) is 2. The minimum absolute atomic E-state index is 0.0790. The maximum absolute atomic E-state index is 16.3. The van der Waals surface area contributed by atoms with Crippen LogP contribution in [0.15, 0.2) is 121 Å². The second kappa shape index (κ2) is 14.0. The van der Waals surface area contributed by atoms with Crippen LogP contribution >= 0.6 is 22.7 Å². The fraction of sp³-hybridized carbons (Fsp3) is 0.116. The zero-order chi connectivity index (χ0) is 37.4. The zero-order valence-electron chi connectivity index (χ0n) is 27.9. The molecule has 0 saturated heterocycles. The highest BCUT2D eigenvalue weighted by molar-refractivity contribution is 7.16. The van der Waals surface area contributed by atoms with Crippen LogP contribution in [0.3, 0.4) is 0 Å². The van der Waals surface area contributed by atoms with Gasteiger partial charge in [-0.05, 0) is 71.8 Å². The Morgan fingerprint density at radius 1 is 0.472 bits per heavy atom. The number of alkyl halides is 6. The molecular weight excluding hydrogens is 727 g/mol. The van der Waals surface area contributed by atoms with Crippen molar-refractivity contribution >= 4 is 33.8 Å². The van der Waals surface area contributed by atoms with E-state index >= 15 is 26.3 Å². The molecule has 0 spiro atoms. The van der Waals surface area contributed by atoms with Gasteiger partial charge in [0, 0.05) is 43.2 Å². The Hall–Kier alpha value is -5.68. The average molecular weight is 753 g/mol. The van der Waals surface area contributed by atoms with Crippen LogP contribution in [0.4, 0.5) is 26.3 Å². The minimum atomic E-state index is -5.78. The third kappa shape index (κ3) is 6.50. The highest BCUT2D eigenvalue weighted by Crippen LogP contribution is 2.66. The van der Waals surface area contributed by atoms with Gasteiger partial charge >= 0.3 is 17.8 Å². The SMILES string of the molecule is COc1ccc(C#Cc2sc(-c3ccccc3)cc2C2=C(c3cc(-c4ccccc4)sc3C#Cc3ccc(OC)cc3)C(F)(F)C(F)(F)C2(F)F)cc1. The van der Waals surface area contributed by atoms with E-state index in [1.54, 1.807) is 109 Å². The Bertz CT molecular complexity index is 2270. The Morgan fingerprint density at radius 2 is 0.830 bits per heavy atom. The molecule has 6 aromatic rings. The molecule has 2 heterocycles. The van der Waals surface area contributed by atoms with Gasteiger partial charge in [0.05, 0.1) is 24.0 Å². The van der Waals surface area contributed by atoms with Gasteiger partial charge in [0.2, 0.25) is 0 Å². The molecule has 0 saturated carbocycles. The number of hydrogen-bond donors (Lipinski definition) is 0. The first-order chi connectivity index (χ1) is 25.4. The lowest BCUT2D eigenvalue weighted by Gasteiger charge is -2.25. The van der Waals surface area contributed by atoms with E-state index in [9.17, 15) is 0 Å². The number of hydrogen-bond acceptors (Lipinski definition) is 4. The molecule has 264 valence electrons. The lowest BCUT2D eigenvalue weighted by atomic mass is 9.94. The molecule has 0 N–H and O–H groups in total. The monoisotopic (exact) mass is 752 g/mol. The van der Waals surface area contributed by atoms with Crippen LogP contribution in [0.25, 0.3) is 32.0 Å². The van der Waals surface area contributed by atoms with Gasteiger partial charge in [-0.1, -0.05) is 84.3 Å². The minimum Gasteiger partial charge on any atom is -0.497 e. The lowest BCUT2D eigenvalue weighted by Crippen LogP contribution is -2.48. The molecule has 0 radical (unpaired) electrons. The highest BCUT2D eigenvalue weighted by Gasteiger charge is 2.80. The summed E-state index contributed by atoms with van der Waals surface area (Å²) >= 11 is 1.90. The summed E-state index contributed by atoms with van der Waals surface area (Å²) in [6.45, 7) is 0. The number of methoxy groups -OCH3 is 2. The number of benzene rings is 4. The molecule has 0 bridgehead atoms. The van der Waals surface area contributed by atoms with Gasteiger partial charge in [0.15, 0.2) is 0 Å². The van der Waals surface area contributed by atoms with Crippen molar-refractivity contribution in [2.45, 2.75) is 17.8 Å². The number of halogens is 6. The normalized spacial score (nSPS) is 15.2. The first-order valence-electron chi connectivity index (χ1n) is 16.0. The van der Waals surface area contributed by atoms with Crippen molar-refractivity contribution in [1.29, 1.82) is 0 Å². The van der Waals surface area contributed by atoms with E-state index in [1.807, 2.05) is 0 Å². The largest absolute Gasteiger partial charge is 0.497 e. The van der Waals surface area contributed by atoms with Crippen LogP contribution in [-0.2, 0) is 0 Å². The molecule has 1 aliphatic rings. The van der Waals surface area contributed by atoms with Gasteiger partial charge in [0.25, 0.3) is 0 Å². The van der Waals surface area contributed by atoms with Crippen molar-refractivity contribution < 1.29 is 35.8 Å². The maximum Gasteiger partial charge on any atom is 0.380 e. The van der Waals surface area contributed by atoms with Crippen molar-refractivity contribution in [3.63, 3.8) is 0 Å². The summed E-state index contributed by atoms with van der Waals surface area (Å²) in [6, 6.07) is 32.9. The van der Waals surface area contributed by atoms with Gasteiger partial charge in [-0.3, -0.25) is 0 Å². The maximum atomic E-state index is 16.3. The Balaban J connectivity index is 1.51. The topological polar surface area (TPSA) is 18.5 Å². The Morgan fingerprint density at radius 3 is 1.17 bits per heavy atom. The highest BCUT2D eigenvalue weighted by atomic mass is 32.1. The summed E-state index contributed by atoms with van der Waals surface area (Å²) in [5, 5.41) is 0. The molecule has 0 atom stereocenters.